The molecule has 0 aromatic carbocycles. The Balaban J connectivity index is 1.66. The van der Waals surface area contributed by atoms with Gasteiger partial charge in [-0.15, -0.1) is 0 Å². The van der Waals surface area contributed by atoms with E-state index in [1.165, 1.54) is 29.9 Å². The van der Waals surface area contributed by atoms with E-state index in [1.807, 2.05) is 0 Å². The van der Waals surface area contributed by atoms with Gasteiger partial charge in [0.05, 0.1) is 6.17 Å². The summed E-state index contributed by atoms with van der Waals surface area (Å²) in [6.07, 6.45) is 6.89. The van der Waals surface area contributed by atoms with Crippen LogP contribution in [0.4, 0.5) is 5.69 Å². The van der Waals surface area contributed by atoms with E-state index < -0.39 is 0 Å². The van der Waals surface area contributed by atoms with E-state index in [0.717, 1.165) is 18.9 Å². The van der Waals surface area contributed by atoms with Crippen LogP contribution in [0.2, 0.25) is 0 Å². The molecule has 24 heavy (non-hydrogen) atoms. The lowest BCUT2D eigenvalue weighted by Crippen LogP contribution is -2.57. The topological polar surface area (TPSA) is 83.4 Å². The number of fused-ring (bicyclic) bond motifs is 2. The lowest BCUT2D eigenvalue weighted by atomic mass is 9.76. The second-order valence-electron chi connectivity index (χ2n) is 6.86. The number of piperidine rings is 1. The van der Waals surface area contributed by atoms with Crippen LogP contribution >= 0.6 is 0 Å². The molecular formula is C17H24N4O3. The molecule has 7 heteroatoms. The average molecular weight is 332 g/mol. The van der Waals surface area contributed by atoms with Gasteiger partial charge in [0.15, 0.2) is 0 Å². The number of amides is 2. The molecule has 1 aromatic rings. The molecule has 0 spiro atoms. The van der Waals surface area contributed by atoms with Crippen LogP contribution < -0.4 is 16.2 Å². The smallest absolute Gasteiger partial charge is 0.274 e. The highest BCUT2D eigenvalue weighted by Gasteiger charge is 2.37. The Bertz CT molecular complexity index is 670. The van der Waals surface area contributed by atoms with Crippen molar-refractivity contribution >= 4 is 18.0 Å². The van der Waals surface area contributed by atoms with Crippen molar-refractivity contribution in [2.75, 3.05) is 18.9 Å². The Labute approximate surface area is 141 Å². The quantitative estimate of drug-likeness (QED) is 0.774. The molecule has 2 fully saturated rings. The molecule has 0 radical (unpaired) electrons. The fraction of sp³-hybridized carbons (Fsp3) is 0.588. The summed E-state index contributed by atoms with van der Waals surface area (Å²) in [6, 6.07) is 3.15. The van der Waals surface area contributed by atoms with E-state index in [1.54, 1.807) is 12.3 Å². The van der Waals surface area contributed by atoms with Crippen molar-refractivity contribution < 1.29 is 9.59 Å². The molecule has 2 aliphatic rings. The summed E-state index contributed by atoms with van der Waals surface area (Å²) >= 11 is 0. The summed E-state index contributed by atoms with van der Waals surface area (Å²) in [4.78, 5) is 37.3. The van der Waals surface area contributed by atoms with Gasteiger partial charge in [-0.25, -0.2) is 0 Å². The minimum Gasteiger partial charge on any atom is -0.339 e. The molecule has 3 rings (SSSR count). The standard InChI is InChI=1S/C17H24N4O3/c1-20-9-12-4-2-5-13(8-12)16(20)19-15(23)10-21-7-3-6-14(17(21)24)18-11-22/h3,6-7,11-13,16H,2,4-5,8-10H2,1H3,(H,18,22)(H,19,23). The SMILES string of the molecule is CN1CC2CCCC(C2)C1NC(=O)Cn1cccc(NC=O)c1=O. The predicted molar refractivity (Wildman–Crippen MR) is 90.4 cm³/mol. The van der Waals surface area contributed by atoms with Crippen molar-refractivity contribution in [3.05, 3.63) is 28.7 Å². The second-order valence-corrected chi connectivity index (χ2v) is 6.86. The Morgan fingerprint density at radius 1 is 1.42 bits per heavy atom. The maximum absolute atomic E-state index is 12.4. The molecule has 2 bridgehead atoms. The normalized spacial score (nSPS) is 26.6. The van der Waals surface area contributed by atoms with E-state index in [2.05, 4.69) is 22.6 Å². The average Bonchev–Trinajstić information content (AvgIpc) is 2.55. The fourth-order valence-electron chi connectivity index (χ4n) is 4.09. The van der Waals surface area contributed by atoms with Gasteiger partial charge in [0, 0.05) is 12.7 Å². The lowest BCUT2D eigenvalue weighted by molar-refractivity contribution is -0.125. The zero-order valence-electron chi connectivity index (χ0n) is 13.9. The van der Waals surface area contributed by atoms with Crippen molar-refractivity contribution in [1.29, 1.82) is 0 Å². The number of rotatable bonds is 5. The highest BCUT2D eigenvalue weighted by molar-refractivity contribution is 5.76. The second kappa shape index (κ2) is 7.17. The first-order valence-electron chi connectivity index (χ1n) is 8.47. The molecule has 1 saturated heterocycles. The Morgan fingerprint density at radius 3 is 3.04 bits per heavy atom. The van der Waals surface area contributed by atoms with Crippen LogP contribution in [0.5, 0.6) is 0 Å². The van der Waals surface area contributed by atoms with Gasteiger partial charge >= 0.3 is 0 Å². The minimum atomic E-state index is -0.380. The third-order valence-electron chi connectivity index (χ3n) is 5.15. The van der Waals surface area contributed by atoms with Crippen LogP contribution in [0.25, 0.3) is 0 Å². The number of carbonyl (C=O) groups excluding carboxylic acids is 2. The van der Waals surface area contributed by atoms with Crippen molar-refractivity contribution in [3.63, 3.8) is 0 Å². The number of likely N-dealkylation sites (tertiary alicyclic amines) is 1. The summed E-state index contributed by atoms with van der Waals surface area (Å²) in [5.74, 6) is 1.06. The van der Waals surface area contributed by atoms with Crippen LogP contribution in [-0.4, -0.2) is 41.5 Å². The molecule has 1 aliphatic carbocycles. The van der Waals surface area contributed by atoms with Crippen molar-refractivity contribution in [3.8, 4) is 0 Å². The highest BCUT2D eigenvalue weighted by Crippen LogP contribution is 2.36. The van der Waals surface area contributed by atoms with Gasteiger partial charge in [-0.05, 0) is 50.3 Å². The lowest BCUT2D eigenvalue weighted by Gasteiger charge is -2.46. The van der Waals surface area contributed by atoms with Crippen LogP contribution in [0.15, 0.2) is 23.1 Å². The van der Waals surface area contributed by atoms with Crippen LogP contribution in [-0.2, 0) is 16.1 Å². The molecule has 1 saturated carbocycles. The van der Waals surface area contributed by atoms with Crippen molar-refractivity contribution in [1.82, 2.24) is 14.8 Å². The Hall–Kier alpha value is -2.15. The van der Waals surface area contributed by atoms with E-state index in [4.69, 9.17) is 0 Å². The highest BCUT2D eigenvalue weighted by atomic mass is 16.2. The molecule has 2 heterocycles. The van der Waals surface area contributed by atoms with E-state index >= 15 is 0 Å². The van der Waals surface area contributed by atoms with Gasteiger partial charge in [-0.2, -0.15) is 0 Å². The van der Waals surface area contributed by atoms with Crippen LogP contribution in [0.1, 0.15) is 25.7 Å². The summed E-state index contributed by atoms with van der Waals surface area (Å²) in [6.45, 7) is 0.966. The number of nitrogens with zero attached hydrogens (tertiary/aromatic N) is 2. The third-order valence-corrected chi connectivity index (χ3v) is 5.15. The molecule has 1 aliphatic heterocycles. The molecule has 1 aromatic heterocycles. The third kappa shape index (κ3) is 3.51. The summed E-state index contributed by atoms with van der Waals surface area (Å²) in [7, 11) is 2.05. The molecule has 3 unspecified atom stereocenters. The van der Waals surface area contributed by atoms with Crippen molar-refractivity contribution in [2.24, 2.45) is 11.8 Å². The van der Waals surface area contributed by atoms with Gasteiger partial charge in [0.1, 0.15) is 12.2 Å². The summed E-state index contributed by atoms with van der Waals surface area (Å²) in [5, 5.41) is 5.44. The first kappa shape index (κ1) is 16.7. The number of hydrogen-bond donors (Lipinski definition) is 2. The fourth-order valence-corrected chi connectivity index (χ4v) is 4.09. The van der Waals surface area contributed by atoms with Crippen LogP contribution in [0.3, 0.4) is 0 Å². The maximum Gasteiger partial charge on any atom is 0.274 e. The number of carbonyl (C=O) groups is 2. The van der Waals surface area contributed by atoms with Gasteiger partial charge in [0.2, 0.25) is 12.3 Å². The molecule has 2 amide bonds. The number of pyridine rings is 1. The molecule has 130 valence electrons. The first-order chi connectivity index (χ1) is 11.6. The van der Waals surface area contributed by atoms with Gasteiger partial charge in [-0.3, -0.25) is 19.3 Å². The minimum absolute atomic E-state index is 0.0426. The maximum atomic E-state index is 12.4. The summed E-state index contributed by atoms with van der Waals surface area (Å²) < 4.78 is 1.31. The zero-order chi connectivity index (χ0) is 17.1. The van der Waals surface area contributed by atoms with Gasteiger partial charge in [-0.1, -0.05) is 6.42 Å². The number of aromatic nitrogens is 1. The van der Waals surface area contributed by atoms with E-state index in [9.17, 15) is 14.4 Å². The monoisotopic (exact) mass is 332 g/mol. The summed E-state index contributed by atoms with van der Waals surface area (Å²) in [5.41, 5.74) is -0.209. The molecule has 3 atom stereocenters. The molecule has 2 N–H and O–H groups in total. The Kier molecular flexibility index (Phi) is 4.99. The van der Waals surface area contributed by atoms with E-state index in [-0.39, 0.29) is 29.9 Å². The first-order valence-corrected chi connectivity index (χ1v) is 8.47. The van der Waals surface area contributed by atoms with Crippen molar-refractivity contribution in [2.45, 2.75) is 38.4 Å². The molecular weight excluding hydrogens is 308 g/mol. The van der Waals surface area contributed by atoms with Gasteiger partial charge < -0.3 is 15.2 Å². The predicted octanol–water partition coefficient (Wildman–Crippen LogP) is 0.611. The van der Waals surface area contributed by atoms with E-state index in [0.29, 0.717) is 12.3 Å². The zero-order valence-corrected chi connectivity index (χ0v) is 13.9. The number of nitrogens with one attached hydrogen (secondary N) is 2. The Morgan fingerprint density at radius 2 is 2.25 bits per heavy atom. The number of hydrogen-bond acceptors (Lipinski definition) is 4. The van der Waals surface area contributed by atoms with Gasteiger partial charge in [0.25, 0.3) is 5.56 Å². The molecule has 7 nitrogen and oxygen atoms in total. The van der Waals surface area contributed by atoms with Crippen LogP contribution in [0, 0.1) is 11.8 Å². The largest absolute Gasteiger partial charge is 0.339 e. The number of anilines is 1.